The summed E-state index contributed by atoms with van der Waals surface area (Å²) in [5.41, 5.74) is 2.85. The molecule has 0 aliphatic rings. The molecule has 0 saturated heterocycles. The minimum Gasteiger partial charge on any atom is -0.481 e. The molecule has 0 radical (unpaired) electrons. The molecule has 1 unspecified atom stereocenters. The van der Waals surface area contributed by atoms with Gasteiger partial charge in [0.25, 0.3) is 0 Å². The number of aliphatic hydroxyl groups excluding tert-OH is 1. The van der Waals surface area contributed by atoms with Crippen molar-refractivity contribution >= 4 is 5.97 Å². The Hall–Kier alpha value is -2.99. The maximum absolute atomic E-state index is 12.6. The molecule has 3 aromatic rings. The highest BCUT2D eigenvalue weighted by atomic mass is 16.4. The lowest BCUT2D eigenvalue weighted by atomic mass is 9.56. The maximum Gasteiger partial charge on any atom is 0.309 e. The number of benzene rings is 2. The summed E-state index contributed by atoms with van der Waals surface area (Å²) in [4.78, 5) is 12.6. The van der Waals surface area contributed by atoms with Gasteiger partial charge in [0, 0.05) is 18.2 Å². The van der Waals surface area contributed by atoms with Crippen molar-refractivity contribution in [1.82, 2.24) is 15.0 Å². The largest absolute Gasteiger partial charge is 0.481 e. The Bertz CT molecular complexity index is 1060. The quantitative estimate of drug-likeness (QED) is 0.495. The Morgan fingerprint density at radius 1 is 1.12 bits per heavy atom. The molecule has 32 heavy (non-hydrogen) atoms. The highest BCUT2D eigenvalue weighted by Crippen LogP contribution is 2.48. The first-order valence-corrected chi connectivity index (χ1v) is 11.1. The Morgan fingerprint density at radius 3 is 2.44 bits per heavy atom. The molecule has 1 aromatic heterocycles. The monoisotopic (exact) mass is 435 g/mol. The molecular weight excluding hydrogens is 402 g/mol. The van der Waals surface area contributed by atoms with Gasteiger partial charge in [-0.15, -0.1) is 5.10 Å². The van der Waals surface area contributed by atoms with Crippen LogP contribution >= 0.6 is 0 Å². The third kappa shape index (κ3) is 4.60. The van der Waals surface area contributed by atoms with Gasteiger partial charge in [0.1, 0.15) is 0 Å². The van der Waals surface area contributed by atoms with Crippen LogP contribution in [0.5, 0.6) is 0 Å². The number of hydrogen-bond donors (Lipinski definition) is 2. The van der Waals surface area contributed by atoms with Crippen LogP contribution in [0.1, 0.15) is 55.1 Å². The number of aliphatic carboxylic acids is 1. The smallest absolute Gasteiger partial charge is 0.309 e. The van der Waals surface area contributed by atoms with Crippen LogP contribution in [-0.4, -0.2) is 31.2 Å². The predicted octanol–water partition coefficient (Wildman–Crippen LogP) is 4.32. The number of aliphatic hydroxyl groups is 1. The van der Waals surface area contributed by atoms with E-state index >= 15 is 0 Å². The standard InChI is InChI=1S/C26H33N3O3/c1-5-29-17-23(27-28-29)13-14-26(25(3,4)24(31)32,16-20-9-7-6-8-10-20)22-12-11-19(2)21(15-22)18-30/h6-12,15,17,30H,5,13-14,16,18H2,1-4H3,(H,31,32). The van der Waals surface area contributed by atoms with Crippen molar-refractivity contribution in [3.05, 3.63) is 82.7 Å². The second-order valence-corrected chi connectivity index (χ2v) is 9.04. The van der Waals surface area contributed by atoms with E-state index in [0.29, 0.717) is 19.3 Å². The zero-order valence-corrected chi connectivity index (χ0v) is 19.4. The third-order valence-electron chi connectivity index (χ3n) is 6.87. The first-order chi connectivity index (χ1) is 15.2. The van der Waals surface area contributed by atoms with E-state index < -0.39 is 16.8 Å². The van der Waals surface area contributed by atoms with Gasteiger partial charge in [-0.25, -0.2) is 0 Å². The van der Waals surface area contributed by atoms with Crippen LogP contribution in [0, 0.1) is 12.3 Å². The van der Waals surface area contributed by atoms with Gasteiger partial charge in [-0.1, -0.05) is 53.7 Å². The van der Waals surface area contributed by atoms with Crippen molar-refractivity contribution in [3.8, 4) is 0 Å². The van der Waals surface area contributed by atoms with E-state index in [9.17, 15) is 15.0 Å². The Morgan fingerprint density at radius 2 is 1.84 bits per heavy atom. The number of hydrogen-bond acceptors (Lipinski definition) is 4. The van der Waals surface area contributed by atoms with Crippen LogP contribution in [0.4, 0.5) is 0 Å². The van der Waals surface area contributed by atoms with Gasteiger partial charge in [0.15, 0.2) is 0 Å². The number of nitrogens with zero attached hydrogens (tertiary/aromatic N) is 3. The summed E-state index contributed by atoms with van der Waals surface area (Å²) < 4.78 is 1.78. The molecule has 2 aromatic carbocycles. The number of carbonyl (C=O) groups is 1. The van der Waals surface area contributed by atoms with Gasteiger partial charge in [-0.05, 0) is 69.2 Å². The lowest BCUT2D eigenvalue weighted by Gasteiger charge is -2.45. The lowest BCUT2D eigenvalue weighted by Crippen LogP contribution is -2.49. The first kappa shape index (κ1) is 23.7. The molecule has 6 nitrogen and oxygen atoms in total. The van der Waals surface area contributed by atoms with E-state index in [1.54, 1.807) is 18.5 Å². The number of aryl methyl sites for hydroxylation is 3. The fraction of sp³-hybridized carbons (Fsp3) is 0.423. The molecule has 1 heterocycles. The van der Waals surface area contributed by atoms with Gasteiger partial charge >= 0.3 is 5.97 Å². The Labute approximate surface area is 189 Å². The van der Waals surface area contributed by atoms with Crippen molar-refractivity contribution < 1.29 is 15.0 Å². The number of rotatable bonds is 10. The fourth-order valence-electron chi connectivity index (χ4n) is 4.47. The molecular formula is C26H33N3O3. The van der Waals surface area contributed by atoms with Gasteiger partial charge in [0.2, 0.25) is 0 Å². The van der Waals surface area contributed by atoms with Crippen molar-refractivity contribution in [1.29, 1.82) is 0 Å². The van der Waals surface area contributed by atoms with Crippen molar-refractivity contribution in [2.24, 2.45) is 5.41 Å². The van der Waals surface area contributed by atoms with Crippen LogP contribution in [0.3, 0.4) is 0 Å². The molecule has 0 bridgehead atoms. The first-order valence-electron chi connectivity index (χ1n) is 11.1. The Balaban J connectivity index is 2.17. The minimum absolute atomic E-state index is 0.0839. The van der Waals surface area contributed by atoms with E-state index in [0.717, 1.165) is 34.5 Å². The van der Waals surface area contributed by atoms with E-state index in [1.165, 1.54) is 0 Å². The molecule has 0 aliphatic heterocycles. The zero-order chi connectivity index (χ0) is 23.4. The molecule has 0 amide bonds. The van der Waals surface area contributed by atoms with Crippen molar-refractivity contribution in [2.45, 2.75) is 65.5 Å². The Kier molecular flexibility index (Phi) is 7.14. The van der Waals surface area contributed by atoms with E-state index in [1.807, 2.05) is 68.6 Å². The summed E-state index contributed by atoms with van der Waals surface area (Å²) in [6.45, 7) is 8.23. The highest BCUT2D eigenvalue weighted by molar-refractivity contribution is 5.76. The van der Waals surface area contributed by atoms with Crippen LogP contribution in [0.25, 0.3) is 0 Å². The van der Waals surface area contributed by atoms with Gasteiger partial charge in [0.05, 0.1) is 17.7 Å². The summed E-state index contributed by atoms with van der Waals surface area (Å²) in [5.74, 6) is -0.850. The summed E-state index contributed by atoms with van der Waals surface area (Å²) in [5, 5.41) is 28.7. The maximum atomic E-state index is 12.6. The van der Waals surface area contributed by atoms with Crippen LogP contribution in [-0.2, 0) is 36.2 Å². The van der Waals surface area contributed by atoms with Gasteiger partial charge in [-0.2, -0.15) is 0 Å². The van der Waals surface area contributed by atoms with E-state index in [-0.39, 0.29) is 6.61 Å². The molecule has 3 rings (SSSR count). The summed E-state index contributed by atoms with van der Waals surface area (Å²) in [6.07, 6.45) is 3.67. The predicted molar refractivity (Wildman–Crippen MR) is 124 cm³/mol. The van der Waals surface area contributed by atoms with Crippen molar-refractivity contribution in [3.63, 3.8) is 0 Å². The average Bonchev–Trinajstić information content (AvgIpc) is 3.25. The molecule has 0 saturated carbocycles. The average molecular weight is 436 g/mol. The summed E-state index contributed by atoms with van der Waals surface area (Å²) >= 11 is 0. The molecule has 2 N–H and O–H groups in total. The number of aromatic nitrogens is 3. The second kappa shape index (κ2) is 9.65. The molecule has 6 heteroatoms. The van der Waals surface area contributed by atoms with Gasteiger partial charge in [-0.3, -0.25) is 9.48 Å². The second-order valence-electron chi connectivity index (χ2n) is 9.04. The lowest BCUT2D eigenvalue weighted by molar-refractivity contribution is -0.151. The van der Waals surface area contributed by atoms with Crippen LogP contribution in [0.15, 0.2) is 54.7 Å². The van der Waals surface area contributed by atoms with Crippen LogP contribution < -0.4 is 0 Å². The molecule has 170 valence electrons. The zero-order valence-electron chi connectivity index (χ0n) is 19.4. The normalized spacial score (nSPS) is 13.7. The summed E-state index contributed by atoms with van der Waals surface area (Å²) in [7, 11) is 0. The fourth-order valence-corrected chi connectivity index (χ4v) is 4.47. The number of carboxylic acids is 1. The molecule has 0 fully saturated rings. The molecule has 0 spiro atoms. The SMILES string of the molecule is CCn1cc(CCC(Cc2ccccc2)(c2ccc(C)c(CO)c2)C(C)(C)C(=O)O)nn1. The number of carboxylic acid groups (broad SMARTS) is 1. The molecule has 1 atom stereocenters. The summed E-state index contributed by atoms with van der Waals surface area (Å²) in [6, 6.07) is 16.0. The third-order valence-corrected chi connectivity index (χ3v) is 6.87. The topological polar surface area (TPSA) is 88.2 Å². The van der Waals surface area contributed by atoms with Crippen molar-refractivity contribution in [2.75, 3.05) is 0 Å². The highest BCUT2D eigenvalue weighted by Gasteiger charge is 2.51. The van der Waals surface area contributed by atoms with Gasteiger partial charge < -0.3 is 10.2 Å². The minimum atomic E-state index is -1.08. The molecule has 0 aliphatic carbocycles. The van der Waals surface area contributed by atoms with E-state index in [2.05, 4.69) is 10.3 Å². The van der Waals surface area contributed by atoms with E-state index in [4.69, 9.17) is 0 Å². The van der Waals surface area contributed by atoms with Crippen LogP contribution in [0.2, 0.25) is 0 Å².